The number of aromatic nitrogens is 1. The highest BCUT2D eigenvalue weighted by Crippen LogP contribution is 2.07. The first-order valence-corrected chi connectivity index (χ1v) is 11.0. The monoisotopic (exact) mass is 589 g/mol. The highest BCUT2D eigenvalue weighted by atomic mass is 127. The number of pyridine rings is 1. The Morgan fingerprint density at radius 3 is 2.06 bits per heavy atom. The number of amides is 2. The van der Waals surface area contributed by atoms with Crippen LogP contribution in [-0.2, 0) is 34.0 Å². The van der Waals surface area contributed by atoms with Crippen molar-refractivity contribution >= 4 is 18.0 Å². The minimum Gasteiger partial charge on any atom is -1.00 e. The zero-order valence-corrected chi connectivity index (χ0v) is 21.3. The first kappa shape index (κ1) is 27.8. The van der Waals surface area contributed by atoms with E-state index in [2.05, 4.69) is 5.32 Å². The van der Waals surface area contributed by atoms with Crippen LogP contribution < -0.4 is 39.6 Å². The number of carbonyl (C=O) groups excluding carboxylic acids is 3. The normalized spacial score (nSPS) is 11.0. The number of rotatable bonds is 11. The van der Waals surface area contributed by atoms with Crippen LogP contribution in [0.1, 0.15) is 34.3 Å². The van der Waals surface area contributed by atoms with E-state index in [0.717, 1.165) is 11.1 Å². The summed E-state index contributed by atoms with van der Waals surface area (Å²) >= 11 is 0. The molecular weight excluding hydrogens is 561 g/mol. The second-order valence-electron chi connectivity index (χ2n) is 7.69. The highest BCUT2D eigenvalue weighted by molar-refractivity contribution is 5.92. The lowest BCUT2D eigenvalue weighted by atomic mass is 10.1. The van der Waals surface area contributed by atoms with Gasteiger partial charge in [-0.15, -0.1) is 0 Å². The van der Waals surface area contributed by atoms with E-state index in [0.29, 0.717) is 24.9 Å². The van der Waals surface area contributed by atoms with Crippen LogP contribution in [-0.4, -0.2) is 24.0 Å². The third-order valence-electron chi connectivity index (χ3n) is 5.07. The fraction of sp³-hybridized carbons (Fsp3) is 0.231. The Balaban J connectivity index is 0.00000432. The highest BCUT2D eigenvalue weighted by Gasteiger charge is 2.24. The maximum Gasteiger partial charge on any atom is 0.408 e. The minimum atomic E-state index is -0.882. The summed E-state index contributed by atoms with van der Waals surface area (Å²) in [5.41, 5.74) is 7.41. The van der Waals surface area contributed by atoms with Gasteiger partial charge in [0.05, 0.1) is 0 Å². The number of esters is 1. The van der Waals surface area contributed by atoms with Crippen molar-refractivity contribution in [3.63, 3.8) is 0 Å². The molecule has 0 aliphatic rings. The number of nitrogens with zero attached hydrogens (tertiary/aromatic N) is 1. The van der Waals surface area contributed by atoms with E-state index < -0.39 is 24.0 Å². The van der Waals surface area contributed by atoms with Crippen LogP contribution in [0.5, 0.6) is 0 Å². The number of alkyl carbamates (subject to hydrolysis) is 1. The fourth-order valence-corrected chi connectivity index (χ4v) is 3.27. The van der Waals surface area contributed by atoms with Crippen molar-refractivity contribution < 1.29 is 52.4 Å². The van der Waals surface area contributed by atoms with E-state index in [1.54, 1.807) is 29.1 Å². The standard InChI is InChI=1S/C26H27N3O5.HI/c27-24(30)22-13-7-15-29(17-22)16-8-14-23(25(31)33-18-20-9-3-1-4-10-20)28-26(32)34-19-21-11-5-2-6-12-21;/h1-7,9-13,15,17,23H,8,14,16,18-19H2,(H2-,27,28,30,32);1H/t23-;/m0./s1. The molecule has 3 N–H and O–H groups in total. The van der Waals surface area contributed by atoms with E-state index in [-0.39, 0.29) is 37.2 Å². The Hall–Kier alpha value is -3.47. The lowest BCUT2D eigenvalue weighted by Gasteiger charge is -2.17. The SMILES string of the molecule is NC(=O)c1ccc[n+](CCC[C@H](NC(=O)OCc2ccccc2)C(=O)OCc2ccccc2)c1.[I-]. The van der Waals surface area contributed by atoms with E-state index >= 15 is 0 Å². The van der Waals surface area contributed by atoms with Gasteiger partial charge in [-0.2, -0.15) is 0 Å². The number of nitrogens with two attached hydrogens (primary N) is 1. The van der Waals surface area contributed by atoms with Crippen LogP contribution in [0.2, 0.25) is 0 Å². The summed E-state index contributed by atoms with van der Waals surface area (Å²) in [6, 6.07) is 21.0. The van der Waals surface area contributed by atoms with Gasteiger partial charge in [0.2, 0.25) is 0 Å². The molecule has 0 radical (unpaired) electrons. The molecule has 2 aromatic carbocycles. The molecule has 0 spiro atoms. The largest absolute Gasteiger partial charge is 1.00 e. The third kappa shape index (κ3) is 9.73. The van der Waals surface area contributed by atoms with Gasteiger partial charge < -0.3 is 44.5 Å². The summed E-state index contributed by atoms with van der Waals surface area (Å²) in [6.07, 6.45) is 3.61. The Bertz CT molecular complexity index is 1100. The van der Waals surface area contributed by atoms with Crippen molar-refractivity contribution in [2.45, 2.75) is 38.6 Å². The van der Waals surface area contributed by atoms with Gasteiger partial charge in [-0.05, 0) is 23.6 Å². The number of hydrogen-bond acceptors (Lipinski definition) is 5. The summed E-state index contributed by atoms with van der Waals surface area (Å²) < 4.78 is 12.5. The van der Waals surface area contributed by atoms with Crippen LogP contribution in [0.3, 0.4) is 0 Å². The molecule has 0 bridgehead atoms. The first-order valence-electron chi connectivity index (χ1n) is 11.0. The quantitative estimate of drug-likeness (QED) is 0.184. The number of carbonyl (C=O) groups is 3. The molecule has 0 aliphatic heterocycles. The maximum absolute atomic E-state index is 12.8. The predicted molar refractivity (Wildman–Crippen MR) is 124 cm³/mol. The number of hydrogen-bond donors (Lipinski definition) is 2. The van der Waals surface area contributed by atoms with Gasteiger partial charge in [-0.25, -0.2) is 14.2 Å². The zero-order chi connectivity index (χ0) is 24.2. The molecule has 8 nitrogen and oxygen atoms in total. The van der Waals surface area contributed by atoms with Gasteiger partial charge in [0.1, 0.15) is 31.4 Å². The zero-order valence-electron chi connectivity index (χ0n) is 19.1. The van der Waals surface area contributed by atoms with Crippen LogP contribution in [0, 0.1) is 0 Å². The summed E-state index contributed by atoms with van der Waals surface area (Å²) in [4.78, 5) is 36.5. The molecule has 3 rings (SSSR count). The average Bonchev–Trinajstić information content (AvgIpc) is 2.87. The second-order valence-corrected chi connectivity index (χ2v) is 7.69. The molecule has 35 heavy (non-hydrogen) atoms. The lowest BCUT2D eigenvalue weighted by molar-refractivity contribution is -0.697. The number of primary amides is 1. The Morgan fingerprint density at radius 2 is 1.46 bits per heavy atom. The van der Waals surface area contributed by atoms with Crippen molar-refractivity contribution in [3.05, 3.63) is 102 Å². The molecular formula is C26H28IN3O5. The Morgan fingerprint density at radius 1 is 0.857 bits per heavy atom. The molecule has 0 aliphatic carbocycles. The molecule has 9 heteroatoms. The van der Waals surface area contributed by atoms with E-state index in [1.165, 1.54) is 0 Å². The van der Waals surface area contributed by atoms with Crippen molar-refractivity contribution in [2.75, 3.05) is 0 Å². The van der Waals surface area contributed by atoms with Crippen molar-refractivity contribution in [1.82, 2.24) is 5.32 Å². The van der Waals surface area contributed by atoms with Crippen molar-refractivity contribution in [2.24, 2.45) is 5.73 Å². The molecule has 1 atom stereocenters. The van der Waals surface area contributed by atoms with Crippen molar-refractivity contribution in [3.8, 4) is 0 Å². The predicted octanol–water partition coefficient (Wildman–Crippen LogP) is -0.104. The van der Waals surface area contributed by atoms with Gasteiger partial charge in [0.15, 0.2) is 12.4 Å². The molecule has 3 aromatic rings. The number of benzene rings is 2. The molecule has 0 saturated carbocycles. The topological polar surface area (TPSA) is 112 Å². The maximum atomic E-state index is 12.8. The van der Waals surface area contributed by atoms with E-state index in [9.17, 15) is 14.4 Å². The molecule has 0 fully saturated rings. The molecule has 2 amide bonds. The van der Waals surface area contributed by atoms with E-state index in [4.69, 9.17) is 15.2 Å². The number of nitrogens with one attached hydrogen (secondary N) is 1. The molecule has 1 aromatic heterocycles. The van der Waals surface area contributed by atoms with Crippen LogP contribution >= 0.6 is 0 Å². The number of ether oxygens (including phenoxy) is 2. The van der Waals surface area contributed by atoms with Gasteiger partial charge in [0, 0.05) is 12.5 Å². The summed E-state index contributed by atoms with van der Waals surface area (Å²) in [6.45, 7) is 0.713. The van der Waals surface area contributed by atoms with Crippen LogP contribution in [0.4, 0.5) is 4.79 Å². The molecule has 0 unspecified atom stereocenters. The molecule has 0 saturated heterocycles. The van der Waals surface area contributed by atoms with Gasteiger partial charge in [-0.3, -0.25) is 4.79 Å². The summed E-state index contributed by atoms with van der Waals surface area (Å²) in [7, 11) is 0. The van der Waals surface area contributed by atoms with Crippen LogP contribution in [0.15, 0.2) is 85.2 Å². The Kier molecular flexibility index (Phi) is 11.7. The van der Waals surface area contributed by atoms with Gasteiger partial charge in [0.25, 0.3) is 5.91 Å². The van der Waals surface area contributed by atoms with Crippen LogP contribution in [0.25, 0.3) is 0 Å². The fourth-order valence-electron chi connectivity index (χ4n) is 3.27. The molecule has 1 heterocycles. The first-order chi connectivity index (χ1) is 16.5. The van der Waals surface area contributed by atoms with E-state index in [1.807, 2.05) is 60.7 Å². The van der Waals surface area contributed by atoms with Gasteiger partial charge >= 0.3 is 12.1 Å². The minimum absolute atomic E-state index is 0. The van der Waals surface area contributed by atoms with Gasteiger partial charge in [-0.1, -0.05) is 60.7 Å². The number of halogens is 1. The van der Waals surface area contributed by atoms with Crippen molar-refractivity contribution in [1.29, 1.82) is 0 Å². The molecule has 184 valence electrons. The Labute approximate surface area is 221 Å². The summed E-state index contributed by atoms with van der Waals surface area (Å²) in [5, 5.41) is 2.62. The average molecular weight is 589 g/mol. The smallest absolute Gasteiger partial charge is 0.408 e. The third-order valence-corrected chi connectivity index (χ3v) is 5.07. The summed E-state index contributed by atoms with van der Waals surface area (Å²) in [5.74, 6) is -1.06. The second kappa shape index (κ2) is 14.7. The lowest BCUT2D eigenvalue weighted by Crippen LogP contribution is -3.00. The number of aryl methyl sites for hydroxylation is 1.